The molecule has 0 aliphatic heterocycles. The third kappa shape index (κ3) is 5.19. The minimum atomic E-state index is -0.960. The van der Waals surface area contributed by atoms with Crippen LogP contribution in [0.15, 0.2) is 16.7 Å². The SMILES string of the molecule is CCCCC(CC)CNc1ncc(Br)cc1C(=O)O. The molecule has 1 aromatic rings. The van der Waals surface area contributed by atoms with E-state index in [1.54, 1.807) is 12.3 Å². The lowest BCUT2D eigenvalue weighted by Gasteiger charge is -2.16. The number of hydrogen-bond acceptors (Lipinski definition) is 3. The summed E-state index contributed by atoms with van der Waals surface area (Å²) in [7, 11) is 0. The van der Waals surface area contributed by atoms with Gasteiger partial charge in [-0.25, -0.2) is 9.78 Å². The minimum absolute atomic E-state index is 0.208. The maximum absolute atomic E-state index is 11.2. The summed E-state index contributed by atoms with van der Waals surface area (Å²) >= 11 is 3.24. The number of nitrogens with zero attached hydrogens (tertiary/aromatic N) is 1. The third-order valence-electron chi connectivity index (χ3n) is 3.19. The Kier molecular flexibility index (Phi) is 6.84. The number of carboxylic acids is 1. The largest absolute Gasteiger partial charge is 0.478 e. The second kappa shape index (κ2) is 8.15. The van der Waals surface area contributed by atoms with E-state index in [9.17, 15) is 4.79 Å². The Hall–Kier alpha value is -1.10. The monoisotopic (exact) mass is 328 g/mol. The average Bonchev–Trinajstić information content (AvgIpc) is 2.40. The zero-order valence-electron chi connectivity index (χ0n) is 11.4. The average molecular weight is 329 g/mol. The van der Waals surface area contributed by atoms with Crippen molar-refractivity contribution in [1.29, 1.82) is 0 Å². The molecule has 4 nitrogen and oxygen atoms in total. The van der Waals surface area contributed by atoms with Crippen LogP contribution in [0.5, 0.6) is 0 Å². The fourth-order valence-electron chi connectivity index (χ4n) is 1.93. The van der Waals surface area contributed by atoms with Gasteiger partial charge in [0.05, 0.1) is 0 Å². The lowest BCUT2D eigenvalue weighted by Crippen LogP contribution is -2.16. The van der Waals surface area contributed by atoms with Gasteiger partial charge in [-0.05, 0) is 34.3 Å². The van der Waals surface area contributed by atoms with Crippen LogP contribution < -0.4 is 5.32 Å². The molecule has 0 bridgehead atoms. The molecular formula is C14H21BrN2O2. The van der Waals surface area contributed by atoms with Gasteiger partial charge < -0.3 is 10.4 Å². The number of pyridine rings is 1. The molecule has 0 radical (unpaired) electrons. The third-order valence-corrected chi connectivity index (χ3v) is 3.62. The molecular weight excluding hydrogens is 308 g/mol. The topological polar surface area (TPSA) is 62.2 Å². The van der Waals surface area contributed by atoms with Crippen LogP contribution in [0.1, 0.15) is 49.9 Å². The Balaban J connectivity index is 2.68. The van der Waals surface area contributed by atoms with E-state index in [2.05, 4.69) is 40.1 Å². The maximum atomic E-state index is 11.2. The van der Waals surface area contributed by atoms with Gasteiger partial charge in [-0.3, -0.25) is 0 Å². The number of anilines is 1. The van der Waals surface area contributed by atoms with Gasteiger partial charge in [0.25, 0.3) is 0 Å². The number of rotatable bonds is 8. The quantitative estimate of drug-likeness (QED) is 0.751. The molecule has 0 spiro atoms. The van der Waals surface area contributed by atoms with Crippen molar-refractivity contribution in [3.05, 3.63) is 22.3 Å². The summed E-state index contributed by atoms with van der Waals surface area (Å²) in [6.45, 7) is 5.11. The summed E-state index contributed by atoms with van der Waals surface area (Å²) in [4.78, 5) is 15.3. The lowest BCUT2D eigenvalue weighted by atomic mass is 9.99. The first-order valence-electron chi connectivity index (χ1n) is 6.71. The van der Waals surface area contributed by atoms with Gasteiger partial charge in [0, 0.05) is 17.2 Å². The second-order valence-electron chi connectivity index (χ2n) is 4.65. The second-order valence-corrected chi connectivity index (χ2v) is 5.57. The first-order valence-corrected chi connectivity index (χ1v) is 7.50. The first kappa shape index (κ1) is 16.0. The Bertz CT molecular complexity index is 424. The maximum Gasteiger partial charge on any atom is 0.339 e. The van der Waals surface area contributed by atoms with Crippen LogP contribution in [0, 0.1) is 5.92 Å². The fraction of sp³-hybridized carbons (Fsp3) is 0.571. The number of carboxylic acid groups (broad SMARTS) is 1. The van der Waals surface area contributed by atoms with Crippen molar-refractivity contribution in [2.45, 2.75) is 39.5 Å². The van der Waals surface area contributed by atoms with Crippen molar-refractivity contribution in [3.8, 4) is 0 Å². The first-order chi connectivity index (χ1) is 9.08. The van der Waals surface area contributed by atoms with E-state index in [0.717, 1.165) is 13.0 Å². The van der Waals surface area contributed by atoms with E-state index < -0.39 is 5.97 Å². The van der Waals surface area contributed by atoms with Crippen LogP contribution in [0.3, 0.4) is 0 Å². The Labute approximate surface area is 122 Å². The molecule has 1 rings (SSSR count). The van der Waals surface area contributed by atoms with E-state index >= 15 is 0 Å². The highest BCUT2D eigenvalue weighted by molar-refractivity contribution is 9.10. The minimum Gasteiger partial charge on any atom is -0.478 e. The molecule has 0 saturated carbocycles. The predicted octanol–water partition coefficient (Wildman–Crippen LogP) is 4.17. The Morgan fingerprint density at radius 1 is 1.53 bits per heavy atom. The van der Waals surface area contributed by atoms with Crippen LogP contribution in [0.2, 0.25) is 0 Å². The van der Waals surface area contributed by atoms with Crippen molar-refractivity contribution in [1.82, 2.24) is 4.98 Å². The molecule has 0 aromatic carbocycles. The van der Waals surface area contributed by atoms with E-state index in [-0.39, 0.29) is 5.56 Å². The molecule has 5 heteroatoms. The summed E-state index contributed by atoms with van der Waals surface area (Å²) in [6.07, 6.45) is 6.26. The van der Waals surface area contributed by atoms with Crippen LogP contribution in [-0.4, -0.2) is 22.6 Å². The molecule has 0 fully saturated rings. The highest BCUT2D eigenvalue weighted by atomic mass is 79.9. The molecule has 0 saturated heterocycles. The summed E-state index contributed by atoms with van der Waals surface area (Å²) < 4.78 is 0.675. The van der Waals surface area contributed by atoms with Gasteiger partial charge in [-0.2, -0.15) is 0 Å². The predicted molar refractivity (Wildman–Crippen MR) is 80.7 cm³/mol. The van der Waals surface area contributed by atoms with E-state index in [1.165, 1.54) is 19.3 Å². The van der Waals surface area contributed by atoms with Crippen LogP contribution in [0.25, 0.3) is 0 Å². The Morgan fingerprint density at radius 2 is 2.26 bits per heavy atom. The normalized spacial score (nSPS) is 12.2. The highest BCUT2D eigenvalue weighted by Crippen LogP contribution is 2.20. The van der Waals surface area contributed by atoms with Crippen molar-refractivity contribution < 1.29 is 9.90 Å². The Morgan fingerprint density at radius 3 is 2.84 bits per heavy atom. The smallest absolute Gasteiger partial charge is 0.339 e. The molecule has 1 aromatic heterocycles. The van der Waals surface area contributed by atoms with Gasteiger partial charge in [-0.1, -0.05) is 33.1 Å². The van der Waals surface area contributed by atoms with Gasteiger partial charge in [0.1, 0.15) is 11.4 Å². The van der Waals surface area contributed by atoms with E-state index in [4.69, 9.17) is 5.11 Å². The van der Waals surface area contributed by atoms with Crippen molar-refractivity contribution in [2.75, 3.05) is 11.9 Å². The zero-order valence-corrected chi connectivity index (χ0v) is 13.0. The zero-order chi connectivity index (χ0) is 14.3. The number of unbranched alkanes of at least 4 members (excludes halogenated alkanes) is 1. The van der Waals surface area contributed by atoms with Crippen molar-refractivity contribution in [2.24, 2.45) is 5.92 Å². The number of aromatic carboxylic acids is 1. The number of carbonyl (C=O) groups is 1. The summed E-state index contributed by atoms with van der Waals surface area (Å²) in [6, 6.07) is 1.57. The van der Waals surface area contributed by atoms with Crippen molar-refractivity contribution >= 4 is 27.7 Å². The number of aromatic nitrogens is 1. The molecule has 19 heavy (non-hydrogen) atoms. The molecule has 106 valence electrons. The lowest BCUT2D eigenvalue weighted by molar-refractivity contribution is 0.0697. The van der Waals surface area contributed by atoms with Gasteiger partial charge >= 0.3 is 5.97 Å². The van der Waals surface area contributed by atoms with Crippen LogP contribution in [0.4, 0.5) is 5.82 Å². The number of halogens is 1. The fourth-order valence-corrected chi connectivity index (χ4v) is 2.26. The summed E-state index contributed by atoms with van der Waals surface area (Å²) in [5.41, 5.74) is 0.208. The van der Waals surface area contributed by atoms with Gasteiger partial charge in [0.2, 0.25) is 0 Å². The van der Waals surface area contributed by atoms with Crippen LogP contribution in [-0.2, 0) is 0 Å². The summed E-state index contributed by atoms with van der Waals surface area (Å²) in [5, 5.41) is 12.3. The van der Waals surface area contributed by atoms with Gasteiger partial charge in [0.15, 0.2) is 0 Å². The molecule has 0 amide bonds. The summed E-state index contributed by atoms with van der Waals surface area (Å²) in [5.74, 6) is 0.0515. The standard InChI is InChI=1S/C14H21BrN2O2/c1-3-5-6-10(4-2)8-16-13-12(14(18)19)7-11(15)9-17-13/h7,9-10H,3-6,8H2,1-2H3,(H,16,17)(H,18,19). The molecule has 0 aliphatic carbocycles. The molecule has 1 atom stereocenters. The highest BCUT2D eigenvalue weighted by Gasteiger charge is 2.13. The molecule has 1 unspecified atom stereocenters. The van der Waals surface area contributed by atoms with Crippen LogP contribution >= 0.6 is 15.9 Å². The number of hydrogen-bond donors (Lipinski definition) is 2. The molecule has 2 N–H and O–H groups in total. The molecule has 0 aliphatic rings. The molecule has 1 heterocycles. The van der Waals surface area contributed by atoms with Crippen molar-refractivity contribution in [3.63, 3.8) is 0 Å². The van der Waals surface area contributed by atoms with Gasteiger partial charge in [-0.15, -0.1) is 0 Å². The van der Waals surface area contributed by atoms with E-state index in [0.29, 0.717) is 16.2 Å². The number of nitrogens with one attached hydrogen (secondary N) is 1. The van der Waals surface area contributed by atoms with E-state index in [1.807, 2.05) is 0 Å².